The number of rotatable bonds is 7. The Balaban J connectivity index is 1.73. The molecule has 0 bridgehead atoms. The van der Waals surface area contributed by atoms with Crippen molar-refractivity contribution in [2.24, 2.45) is 0 Å². The standard InChI is InChI=1S/C27H25ClN2O3/c1-4-33-23-15-11-21(12-16-23)29-25-24(19-5-9-20(28)10-6-19)26(31)30(27(25)32)22-13-7-18(8-14-22)17(2)3/h5-17,29H,4H2,1-3H3. The summed E-state index contributed by atoms with van der Waals surface area (Å²) in [4.78, 5) is 28.2. The normalized spacial score (nSPS) is 13.8. The lowest BCUT2D eigenvalue weighted by Gasteiger charge is -2.16. The number of nitrogens with zero attached hydrogens (tertiary/aromatic N) is 1. The zero-order chi connectivity index (χ0) is 23.5. The van der Waals surface area contributed by atoms with Gasteiger partial charge in [-0.3, -0.25) is 9.59 Å². The molecule has 4 rings (SSSR count). The first-order valence-electron chi connectivity index (χ1n) is 10.9. The molecule has 3 aromatic carbocycles. The number of carbonyl (C=O) groups is 2. The molecule has 0 atom stereocenters. The summed E-state index contributed by atoms with van der Waals surface area (Å²) in [6.07, 6.45) is 0. The van der Waals surface area contributed by atoms with Gasteiger partial charge >= 0.3 is 0 Å². The van der Waals surface area contributed by atoms with Crippen molar-refractivity contribution in [1.29, 1.82) is 0 Å². The highest BCUT2D eigenvalue weighted by Gasteiger charge is 2.40. The minimum absolute atomic E-state index is 0.222. The van der Waals surface area contributed by atoms with Gasteiger partial charge in [0.25, 0.3) is 11.8 Å². The van der Waals surface area contributed by atoms with E-state index in [0.717, 1.165) is 11.3 Å². The van der Waals surface area contributed by atoms with Crippen LogP contribution in [0.3, 0.4) is 0 Å². The fourth-order valence-corrected chi connectivity index (χ4v) is 3.84. The van der Waals surface area contributed by atoms with Crippen LogP contribution in [-0.2, 0) is 9.59 Å². The van der Waals surface area contributed by atoms with Crippen LogP contribution in [0.25, 0.3) is 5.57 Å². The maximum atomic E-state index is 13.5. The largest absolute Gasteiger partial charge is 0.494 e. The van der Waals surface area contributed by atoms with Crippen molar-refractivity contribution in [2.45, 2.75) is 26.7 Å². The third-order valence-corrected chi connectivity index (χ3v) is 5.72. The van der Waals surface area contributed by atoms with Crippen molar-refractivity contribution in [3.63, 3.8) is 0 Å². The summed E-state index contributed by atoms with van der Waals surface area (Å²) in [7, 11) is 0. The molecule has 0 radical (unpaired) electrons. The van der Waals surface area contributed by atoms with Crippen molar-refractivity contribution < 1.29 is 14.3 Å². The molecule has 0 saturated heterocycles. The van der Waals surface area contributed by atoms with Gasteiger partial charge in [-0.25, -0.2) is 4.90 Å². The van der Waals surface area contributed by atoms with Gasteiger partial charge in [-0.05, 0) is 72.5 Å². The molecule has 0 aromatic heterocycles. The maximum absolute atomic E-state index is 13.5. The van der Waals surface area contributed by atoms with E-state index in [1.165, 1.54) is 4.90 Å². The van der Waals surface area contributed by atoms with Crippen LogP contribution < -0.4 is 15.0 Å². The van der Waals surface area contributed by atoms with Gasteiger partial charge < -0.3 is 10.1 Å². The van der Waals surface area contributed by atoms with Gasteiger partial charge in [0.05, 0.1) is 17.9 Å². The monoisotopic (exact) mass is 460 g/mol. The highest BCUT2D eigenvalue weighted by molar-refractivity contribution is 6.46. The number of imide groups is 1. The molecule has 33 heavy (non-hydrogen) atoms. The zero-order valence-electron chi connectivity index (χ0n) is 18.8. The Morgan fingerprint density at radius 3 is 2.09 bits per heavy atom. The lowest BCUT2D eigenvalue weighted by Crippen LogP contribution is -2.32. The number of anilines is 2. The van der Waals surface area contributed by atoms with Crippen LogP contribution in [0, 0.1) is 0 Å². The van der Waals surface area contributed by atoms with Crippen LogP contribution in [0.5, 0.6) is 5.75 Å². The van der Waals surface area contributed by atoms with Gasteiger partial charge in [0.1, 0.15) is 11.4 Å². The average molecular weight is 461 g/mol. The highest BCUT2D eigenvalue weighted by atomic mass is 35.5. The predicted molar refractivity (Wildman–Crippen MR) is 133 cm³/mol. The van der Waals surface area contributed by atoms with E-state index in [9.17, 15) is 9.59 Å². The molecule has 0 fully saturated rings. The van der Waals surface area contributed by atoms with Gasteiger partial charge in [0, 0.05) is 10.7 Å². The minimum atomic E-state index is -0.406. The van der Waals surface area contributed by atoms with Crippen molar-refractivity contribution in [2.75, 3.05) is 16.8 Å². The van der Waals surface area contributed by atoms with Gasteiger partial charge in [0.15, 0.2) is 0 Å². The molecule has 1 aliphatic rings. The quantitative estimate of drug-likeness (QED) is 0.423. The number of hydrogen-bond donors (Lipinski definition) is 1. The highest BCUT2D eigenvalue weighted by Crippen LogP contribution is 2.35. The summed E-state index contributed by atoms with van der Waals surface area (Å²) >= 11 is 6.05. The summed E-state index contributed by atoms with van der Waals surface area (Å²) in [5.41, 5.74) is 3.49. The number of hydrogen-bond acceptors (Lipinski definition) is 4. The van der Waals surface area contributed by atoms with Gasteiger partial charge in [-0.2, -0.15) is 0 Å². The molecule has 5 nitrogen and oxygen atoms in total. The molecule has 1 heterocycles. The van der Waals surface area contributed by atoms with E-state index in [1.54, 1.807) is 24.3 Å². The first-order valence-corrected chi connectivity index (χ1v) is 11.3. The number of benzene rings is 3. The molecule has 2 amide bonds. The Morgan fingerprint density at radius 1 is 0.879 bits per heavy atom. The summed E-state index contributed by atoms with van der Waals surface area (Å²) in [6, 6.07) is 21.7. The number of nitrogens with one attached hydrogen (secondary N) is 1. The van der Waals surface area contributed by atoms with Crippen LogP contribution in [0.15, 0.2) is 78.5 Å². The van der Waals surface area contributed by atoms with E-state index in [4.69, 9.17) is 16.3 Å². The van der Waals surface area contributed by atoms with Crippen LogP contribution in [-0.4, -0.2) is 18.4 Å². The second-order valence-corrected chi connectivity index (χ2v) is 8.47. The third kappa shape index (κ3) is 4.64. The molecule has 1 N–H and O–H groups in total. The summed E-state index contributed by atoms with van der Waals surface area (Å²) < 4.78 is 5.49. The first-order chi connectivity index (χ1) is 15.9. The Labute approximate surface area is 198 Å². The summed E-state index contributed by atoms with van der Waals surface area (Å²) in [6.45, 7) is 6.68. The van der Waals surface area contributed by atoms with Gasteiger partial charge in [0.2, 0.25) is 0 Å². The number of carbonyl (C=O) groups excluding carboxylic acids is 2. The zero-order valence-corrected chi connectivity index (χ0v) is 19.5. The van der Waals surface area contributed by atoms with Gasteiger partial charge in [-0.1, -0.05) is 49.7 Å². The fraction of sp³-hybridized carbons (Fsp3) is 0.185. The Hall–Kier alpha value is -3.57. The van der Waals surface area contributed by atoms with E-state index < -0.39 is 5.91 Å². The summed E-state index contributed by atoms with van der Waals surface area (Å²) in [5, 5.41) is 3.72. The van der Waals surface area contributed by atoms with Crippen molar-refractivity contribution >= 4 is 40.4 Å². The minimum Gasteiger partial charge on any atom is -0.494 e. The van der Waals surface area contributed by atoms with Crippen molar-refractivity contribution in [3.05, 3.63) is 94.6 Å². The molecule has 0 spiro atoms. The average Bonchev–Trinajstić information content (AvgIpc) is 3.05. The van der Waals surface area contributed by atoms with Crippen molar-refractivity contribution in [1.82, 2.24) is 0 Å². The molecule has 1 aliphatic heterocycles. The molecular formula is C27H25ClN2O3. The smallest absolute Gasteiger partial charge is 0.282 e. The van der Waals surface area contributed by atoms with E-state index in [0.29, 0.717) is 40.1 Å². The van der Waals surface area contributed by atoms with Crippen molar-refractivity contribution in [3.8, 4) is 5.75 Å². The molecule has 3 aromatic rings. The molecule has 168 valence electrons. The number of amides is 2. The van der Waals surface area contributed by atoms with E-state index >= 15 is 0 Å². The Morgan fingerprint density at radius 2 is 1.52 bits per heavy atom. The van der Waals surface area contributed by atoms with Crippen LogP contribution in [0.1, 0.15) is 37.8 Å². The van der Waals surface area contributed by atoms with Gasteiger partial charge in [-0.15, -0.1) is 0 Å². The molecule has 0 unspecified atom stereocenters. The molecule has 6 heteroatoms. The number of halogens is 1. The van der Waals surface area contributed by atoms with E-state index in [2.05, 4.69) is 19.2 Å². The second kappa shape index (κ2) is 9.51. The molecule has 0 aliphatic carbocycles. The SMILES string of the molecule is CCOc1ccc(NC2=C(c3ccc(Cl)cc3)C(=O)N(c3ccc(C(C)C)cc3)C2=O)cc1. The lowest BCUT2D eigenvalue weighted by atomic mass is 10.0. The van der Waals surface area contributed by atoms with E-state index in [-0.39, 0.29) is 11.6 Å². The second-order valence-electron chi connectivity index (χ2n) is 8.03. The van der Waals surface area contributed by atoms with Crippen LogP contribution in [0.2, 0.25) is 5.02 Å². The van der Waals surface area contributed by atoms with Crippen LogP contribution in [0.4, 0.5) is 11.4 Å². The van der Waals surface area contributed by atoms with Crippen LogP contribution >= 0.6 is 11.6 Å². The maximum Gasteiger partial charge on any atom is 0.282 e. The third-order valence-electron chi connectivity index (χ3n) is 5.47. The molecule has 0 saturated carbocycles. The number of ether oxygens (including phenoxy) is 1. The van der Waals surface area contributed by atoms with E-state index in [1.807, 2.05) is 55.5 Å². The Bertz CT molecular complexity index is 1200. The Kier molecular flexibility index (Phi) is 6.52. The fourth-order valence-electron chi connectivity index (χ4n) is 3.72. The topological polar surface area (TPSA) is 58.6 Å². The summed E-state index contributed by atoms with van der Waals surface area (Å²) in [5.74, 6) is 0.295. The predicted octanol–water partition coefficient (Wildman–Crippen LogP) is 6.26. The first kappa shape index (κ1) is 22.6. The lowest BCUT2D eigenvalue weighted by molar-refractivity contribution is -0.120. The molecular weight excluding hydrogens is 436 g/mol.